The number of para-hydroxylation sites is 2. The van der Waals surface area contributed by atoms with E-state index in [0.717, 1.165) is 33.6 Å². The normalized spacial score (nSPS) is 13.2. The fourth-order valence-electron chi connectivity index (χ4n) is 4.21. The molecule has 0 amide bonds. The lowest BCUT2D eigenvalue weighted by molar-refractivity contribution is 0.474. The van der Waals surface area contributed by atoms with Crippen molar-refractivity contribution >= 4 is 45.6 Å². The van der Waals surface area contributed by atoms with Crippen LogP contribution in [0.15, 0.2) is 109 Å². The lowest BCUT2D eigenvalue weighted by Gasteiger charge is -2.27. The van der Waals surface area contributed by atoms with Gasteiger partial charge in [0.2, 0.25) is 0 Å². The van der Waals surface area contributed by atoms with Gasteiger partial charge in [-0.15, -0.1) is 33.7 Å². The molecule has 0 aliphatic carbocycles. The van der Waals surface area contributed by atoms with Crippen LogP contribution in [0.2, 0.25) is 0 Å². The Morgan fingerprint density at radius 3 is 1.33 bits per heavy atom. The number of nitrogens with zero attached hydrogens (tertiary/aromatic N) is 6. The summed E-state index contributed by atoms with van der Waals surface area (Å²) in [7, 11) is 0. The molecule has 0 fully saturated rings. The van der Waals surface area contributed by atoms with Crippen LogP contribution < -0.4 is 0 Å². The van der Waals surface area contributed by atoms with Gasteiger partial charge in [0.1, 0.15) is 21.8 Å². The lowest BCUT2D eigenvalue weighted by Crippen LogP contribution is -2.21. The second-order valence-electron chi connectivity index (χ2n) is 8.42. The first-order valence-corrected chi connectivity index (χ1v) is 13.9. The predicted molar refractivity (Wildman–Crippen MR) is 149 cm³/mol. The minimum atomic E-state index is -0.0728. The standard InChI is InChI=1S/C28H24N6S2/c1-3-11-21(12-4-1)19-35-27(33-25-17-9-7-15-23(25)29-31-33)28(36-20-22-13-5-2-6-14-22)34-26-18-10-8-16-24(26)30-32-34/h1-18,27-28H,19-20H2. The number of aromatic nitrogens is 6. The minimum Gasteiger partial charge on any atom is -0.228 e. The number of benzene rings is 4. The van der Waals surface area contributed by atoms with E-state index in [-0.39, 0.29) is 10.7 Å². The van der Waals surface area contributed by atoms with Gasteiger partial charge in [0, 0.05) is 11.5 Å². The third-order valence-corrected chi connectivity index (χ3v) is 8.78. The number of hydrogen-bond acceptors (Lipinski definition) is 6. The second kappa shape index (κ2) is 10.6. The van der Waals surface area contributed by atoms with Gasteiger partial charge >= 0.3 is 0 Å². The Labute approximate surface area is 217 Å². The molecule has 8 heteroatoms. The molecule has 0 radical (unpaired) electrons. The maximum Gasteiger partial charge on any atom is 0.132 e. The molecule has 2 aromatic heterocycles. The molecule has 0 N–H and O–H groups in total. The fraction of sp³-hybridized carbons (Fsp3) is 0.143. The van der Waals surface area contributed by atoms with Crippen LogP contribution in [-0.4, -0.2) is 30.0 Å². The van der Waals surface area contributed by atoms with E-state index in [2.05, 4.69) is 103 Å². The molecule has 2 heterocycles. The zero-order valence-electron chi connectivity index (χ0n) is 19.5. The summed E-state index contributed by atoms with van der Waals surface area (Å²) >= 11 is 3.70. The number of fused-ring (bicyclic) bond motifs is 2. The summed E-state index contributed by atoms with van der Waals surface area (Å²) in [6.07, 6.45) is 0. The van der Waals surface area contributed by atoms with Gasteiger partial charge in [0.15, 0.2) is 0 Å². The first-order chi connectivity index (χ1) is 17.9. The van der Waals surface area contributed by atoms with Crippen molar-refractivity contribution in [1.29, 1.82) is 0 Å². The van der Waals surface area contributed by atoms with Crippen molar-refractivity contribution in [1.82, 2.24) is 30.0 Å². The van der Waals surface area contributed by atoms with Gasteiger partial charge in [-0.3, -0.25) is 0 Å². The highest BCUT2D eigenvalue weighted by atomic mass is 32.2. The molecule has 0 saturated carbocycles. The molecule has 2 atom stereocenters. The van der Waals surface area contributed by atoms with Crippen LogP contribution in [0.5, 0.6) is 0 Å². The Bertz CT molecular complexity index is 1450. The Hall–Kier alpha value is -3.62. The number of thioether (sulfide) groups is 2. The van der Waals surface area contributed by atoms with Crippen LogP contribution in [0.25, 0.3) is 22.1 Å². The molecule has 6 rings (SSSR count). The highest BCUT2D eigenvalue weighted by Gasteiger charge is 2.30. The average molecular weight is 509 g/mol. The number of hydrogen-bond donors (Lipinski definition) is 0. The summed E-state index contributed by atoms with van der Waals surface area (Å²) in [4.78, 5) is 0. The van der Waals surface area contributed by atoms with Gasteiger partial charge in [-0.25, -0.2) is 9.36 Å². The summed E-state index contributed by atoms with van der Waals surface area (Å²) in [6.45, 7) is 0. The fourth-order valence-corrected chi connectivity index (χ4v) is 6.95. The third kappa shape index (κ3) is 4.74. The van der Waals surface area contributed by atoms with E-state index in [1.54, 1.807) is 0 Å². The first kappa shape index (κ1) is 22.8. The van der Waals surface area contributed by atoms with E-state index in [1.165, 1.54) is 11.1 Å². The van der Waals surface area contributed by atoms with Gasteiger partial charge in [0.05, 0.1) is 11.0 Å². The maximum absolute atomic E-state index is 4.64. The van der Waals surface area contributed by atoms with Crippen LogP contribution in [0, 0.1) is 0 Å². The zero-order valence-corrected chi connectivity index (χ0v) is 21.1. The predicted octanol–water partition coefficient (Wildman–Crippen LogP) is 6.74. The molecule has 0 bridgehead atoms. The van der Waals surface area contributed by atoms with Crippen molar-refractivity contribution < 1.29 is 0 Å². The molecule has 6 nitrogen and oxygen atoms in total. The van der Waals surface area contributed by atoms with Gasteiger partial charge in [-0.1, -0.05) is 95.4 Å². The van der Waals surface area contributed by atoms with Gasteiger partial charge in [-0.05, 0) is 35.4 Å². The van der Waals surface area contributed by atoms with E-state index in [4.69, 9.17) is 0 Å². The minimum absolute atomic E-state index is 0.0728. The second-order valence-corrected chi connectivity index (χ2v) is 10.6. The van der Waals surface area contributed by atoms with E-state index >= 15 is 0 Å². The lowest BCUT2D eigenvalue weighted by atomic mass is 10.2. The molecule has 0 saturated heterocycles. The van der Waals surface area contributed by atoms with E-state index in [1.807, 2.05) is 59.9 Å². The Morgan fingerprint density at radius 1 is 0.500 bits per heavy atom. The molecular weight excluding hydrogens is 484 g/mol. The van der Waals surface area contributed by atoms with Crippen LogP contribution in [0.1, 0.15) is 21.9 Å². The molecule has 2 unspecified atom stereocenters. The summed E-state index contributed by atoms with van der Waals surface area (Å²) < 4.78 is 4.12. The smallest absolute Gasteiger partial charge is 0.132 e. The molecule has 178 valence electrons. The Balaban J connectivity index is 1.44. The summed E-state index contributed by atoms with van der Waals surface area (Å²) in [6, 6.07) is 37.4. The largest absolute Gasteiger partial charge is 0.228 e. The van der Waals surface area contributed by atoms with Crippen molar-refractivity contribution in [2.45, 2.75) is 22.3 Å². The van der Waals surface area contributed by atoms with Gasteiger partial charge < -0.3 is 0 Å². The van der Waals surface area contributed by atoms with Gasteiger partial charge in [-0.2, -0.15) is 0 Å². The zero-order chi connectivity index (χ0) is 24.2. The highest BCUT2D eigenvalue weighted by Crippen LogP contribution is 2.45. The van der Waals surface area contributed by atoms with Crippen LogP contribution in [0.3, 0.4) is 0 Å². The monoisotopic (exact) mass is 508 g/mol. The molecule has 6 aromatic rings. The topological polar surface area (TPSA) is 61.4 Å². The van der Waals surface area contributed by atoms with Crippen LogP contribution in [0.4, 0.5) is 0 Å². The van der Waals surface area contributed by atoms with Crippen molar-refractivity contribution in [3.8, 4) is 0 Å². The van der Waals surface area contributed by atoms with Crippen molar-refractivity contribution in [2.24, 2.45) is 0 Å². The SMILES string of the molecule is c1ccc(CSC(C(SCc2ccccc2)n2nnc3ccccc32)n2nnc3ccccc32)cc1. The van der Waals surface area contributed by atoms with Crippen LogP contribution >= 0.6 is 23.5 Å². The highest BCUT2D eigenvalue weighted by molar-refractivity contribution is 8.02. The van der Waals surface area contributed by atoms with Crippen molar-refractivity contribution in [3.63, 3.8) is 0 Å². The third-order valence-electron chi connectivity index (χ3n) is 6.01. The molecule has 4 aromatic carbocycles. The summed E-state index contributed by atoms with van der Waals surface area (Å²) in [5.41, 5.74) is 6.34. The summed E-state index contributed by atoms with van der Waals surface area (Å²) in [5.74, 6) is 1.68. The van der Waals surface area contributed by atoms with E-state index in [0.29, 0.717) is 0 Å². The average Bonchev–Trinajstić information content (AvgIpc) is 3.56. The molecule has 0 aliphatic heterocycles. The molecule has 0 aliphatic rings. The Kier molecular flexibility index (Phi) is 6.69. The van der Waals surface area contributed by atoms with E-state index < -0.39 is 0 Å². The van der Waals surface area contributed by atoms with Crippen LogP contribution in [-0.2, 0) is 11.5 Å². The summed E-state index contributed by atoms with van der Waals surface area (Å²) in [5, 5.41) is 18.1. The Morgan fingerprint density at radius 2 is 0.889 bits per heavy atom. The quantitative estimate of drug-likeness (QED) is 0.216. The maximum atomic E-state index is 4.64. The number of rotatable bonds is 9. The molecular formula is C28H24N6S2. The first-order valence-electron chi connectivity index (χ1n) is 11.8. The molecule has 36 heavy (non-hydrogen) atoms. The van der Waals surface area contributed by atoms with Gasteiger partial charge in [0.25, 0.3) is 0 Å². The molecule has 0 spiro atoms. The van der Waals surface area contributed by atoms with Crippen molar-refractivity contribution in [3.05, 3.63) is 120 Å². The van der Waals surface area contributed by atoms with E-state index in [9.17, 15) is 0 Å². The van der Waals surface area contributed by atoms with Crippen molar-refractivity contribution in [2.75, 3.05) is 0 Å².